The first-order chi connectivity index (χ1) is 14.4. The summed E-state index contributed by atoms with van der Waals surface area (Å²) in [6.07, 6.45) is 1.80. The van der Waals surface area contributed by atoms with E-state index in [-0.39, 0.29) is 11.8 Å². The average Bonchev–Trinajstić information content (AvgIpc) is 2.73. The maximum absolute atomic E-state index is 12.6. The molecule has 0 atom stereocenters. The highest BCUT2D eigenvalue weighted by Gasteiger charge is 2.21. The third-order valence-corrected chi connectivity index (χ3v) is 5.36. The van der Waals surface area contributed by atoms with Gasteiger partial charge >= 0.3 is 0 Å². The summed E-state index contributed by atoms with van der Waals surface area (Å²) in [5.41, 5.74) is 1.03. The summed E-state index contributed by atoms with van der Waals surface area (Å²) in [7, 11) is 0. The van der Waals surface area contributed by atoms with Gasteiger partial charge in [0.1, 0.15) is 5.82 Å². The maximum atomic E-state index is 12.6. The molecule has 1 fully saturated rings. The summed E-state index contributed by atoms with van der Waals surface area (Å²) >= 11 is 3.40. The van der Waals surface area contributed by atoms with Crippen molar-refractivity contribution in [3.63, 3.8) is 0 Å². The van der Waals surface area contributed by atoms with Crippen molar-refractivity contribution in [3.05, 3.63) is 52.6 Å². The molecule has 1 aliphatic heterocycles. The van der Waals surface area contributed by atoms with E-state index in [0.717, 1.165) is 36.5 Å². The van der Waals surface area contributed by atoms with Gasteiger partial charge in [-0.15, -0.1) is 0 Å². The summed E-state index contributed by atoms with van der Waals surface area (Å²) in [6.45, 7) is 8.17. The molecule has 2 aromatic rings. The minimum Gasteiger partial charge on any atom is -0.354 e. The topological polar surface area (TPSA) is 77.6 Å². The quantitative estimate of drug-likeness (QED) is 0.646. The molecule has 2 heterocycles. The molecular weight excluding hydrogens is 446 g/mol. The van der Waals surface area contributed by atoms with Crippen molar-refractivity contribution in [2.45, 2.75) is 13.8 Å². The van der Waals surface area contributed by atoms with Crippen LogP contribution in [0.15, 0.2) is 47.1 Å². The Kier molecular flexibility index (Phi) is 7.81. The first-order valence-electron chi connectivity index (χ1n) is 10.2. The number of hydrogen-bond acceptors (Lipinski definition) is 5. The Morgan fingerprint density at radius 1 is 1.10 bits per heavy atom. The van der Waals surface area contributed by atoms with Crippen LogP contribution in [0.5, 0.6) is 0 Å². The summed E-state index contributed by atoms with van der Waals surface area (Å²) < 4.78 is 0.958. The van der Waals surface area contributed by atoms with Crippen LogP contribution in [0.25, 0.3) is 0 Å². The molecule has 0 bridgehead atoms. The molecule has 1 aromatic heterocycles. The number of carbonyl (C=O) groups excluding carboxylic acids is 2. The van der Waals surface area contributed by atoms with Gasteiger partial charge in [0.15, 0.2) is 0 Å². The highest BCUT2D eigenvalue weighted by atomic mass is 79.9. The lowest BCUT2D eigenvalue weighted by Crippen LogP contribution is -2.49. The van der Waals surface area contributed by atoms with Gasteiger partial charge in [-0.1, -0.05) is 26.0 Å². The highest BCUT2D eigenvalue weighted by Crippen LogP contribution is 2.17. The summed E-state index contributed by atoms with van der Waals surface area (Å²) in [6, 6.07) is 11.1. The van der Waals surface area contributed by atoms with Crippen molar-refractivity contribution in [3.8, 4) is 0 Å². The normalized spacial score (nSPS) is 14.6. The van der Waals surface area contributed by atoms with E-state index in [1.165, 1.54) is 0 Å². The molecule has 2 N–H and O–H groups in total. The van der Waals surface area contributed by atoms with Gasteiger partial charge in [-0.05, 0) is 46.1 Å². The monoisotopic (exact) mass is 473 g/mol. The van der Waals surface area contributed by atoms with Gasteiger partial charge < -0.3 is 15.5 Å². The van der Waals surface area contributed by atoms with E-state index in [4.69, 9.17) is 0 Å². The molecule has 2 amide bonds. The van der Waals surface area contributed by atoms with Gasteiger partial charge in [0.25, 0.3) is 5.91 Å². The summed E-state index contributed by atoms with van der Waals surface area (Å²) in [5, 5.41) is 5.81. The minimum absolute atomic E-state index is 0.116. The Balaban J connectivity index is 1.52. The number of nitrogens with zero attached hydrogens (tertiary/aromatic N) is 3. The van der Waals surface area contributed by atoms with E-state index in [1.807, 2.05) is 32.0 Å². The second-order valence-corrected chi connectivity index (χ2v) is 8.71. The molecule has 1 saturated heterocycles. The van der Waals surface area contributed by atoms with E-state index < -0.39 is 0 Å². The van der Waals surface area contributed by atoms with Crippen molar-refractivity contribution in [2.75, 3.05) is 49.5 Å². The van der Waals surface area contributed by atoms with Gasteiger partial charge in [-0.2, -0.15) is 0 Å². The van der Waals surface area contributed by atoms with Crippen LogP contribution >= 0.6 is 15.9 Å². The van der Waals surface area contributed by atoms with Crippen LogP contribution in [0.3, 0.4) is 0 Å². The number of rotatable bonds is 7. The van der Waals surface area contributed by atoms with Crippen LogP contribution in [-0.2, 0) is 4.79 Å². The Labute approximate surface area is 186 Å². The van der Waals surface area contributed by atoms with Crippen LogP contribution in [0.1, 0.15) is 24.2 Å². The number of benzene rings is 1. The molecule has 0 aliphatic carbocycles. The van der Waals surface area contributed by atoms with Gasteiger partial charge in [0.05, 0.1) is 17.8 Å². The zero-order valence-electron chi connectivity index (χ0n) is 17.4. The number of hydrogen-bond donors (Lipinski definition) is 2. The second-order valence-electron chi connectivity index (χ2n) is 7.80. The molecule has 8 heteroatoms. The molecule has 0 radical (unpaired) electrons. The number of pyridine rings is 1. The lowest BCUT2D eigenvalue weighted by atomic mass is 10.1. The lowest BCUT2D eigenvalue weighted by Gasteiger charge is -2.35. The van der Waals surface area contributed by atoms with Gasteiger partial charge in [0.2, 0.25) is 5.91 Å². The number of nitrogens with one attached hydrogen (secondary N) is 2. The highest BCUT2D eigenvalue weighted by molar-refractivity contribution is 9.10. The van der Waals surface area contributed by atoms with Crippen molar-refractivity contribution in [1.82, 2.24) is 15.2 Å². The smallest absolute Gasteiger partial charge is 0.253 e. The van der Waals surface area contributed by atoms with Gasteiger partial charge in [-0.25, -0.2) is 4.98 Å². The molecule has 7 nitrogen and oxygen atoms in total. The molecule has 160 valence electrons. The zero-order valence-corrected chi connectivity index (χ0v) is 19.0. The largest absolute Gasteiger partial charge is 0.354 e. The second kappa shape index (κ2) is 10.5. The van der Waals surface area contributed by atoms with Crippen LogP contribution in [0.4, 0.5) is 11.5 Å². The fourth-order valence-corrected chi connectivity index (χ4v) is 3.50. The maximum Gasteiger partial charge on any atom is 0.253 e. The molecule has 30 heavy (non-hydrogen) atoms. The van der Waals surface area contributed by atoms with Crippen LogP contribution in [0, 0.1) is 5.92 Å². The minimum atomic E-state index is -0.171. The standard InChI is InChI=1S/C22H28BrN5O2/c1-16(2)13-25-22(30)18-5-3-4-6-19(18)26-21(29)15-27-9-11-28(12-10-27)20-8-7-17(23)14-24-20/h3-8,14,16H,9-13,15H2,1-2H3,(H,25,30)(H,26,29). The Morgan fingerprint density at radius 2 is 1.83 bits per heavy atom. The third-order valence-electron chi connectivity index (χ3n) is 4.89. The number of carbonyl (C=O) groups is 2. The van der Waals surface area contributed by atoms with E-state index >= 15 is 0 Å². The number of halogens is 1. The Hall–Kier alpha value is -2.45. The molecule has 0 spiro atoms. The predicted octanol–water partition coefficient (Wildman–Crippen LogP) is 2.99. The number of para-hydroxylation sites is 1. The van der Waals surface area contributed by atoms with Crippen LogP contribution in [0.2, 0.25) is 0 Å². The van der Waals surface area contributed by atoms with Crippen molar-refractivity contribution in [2.24, 2.45) is 5.92 Å². The predicted molar refractivity (Wildman–Crippen MR) is 123 cm³/mol. The van der Waals surface area contributed by atoms with Crippen LogP contribution < -0.4 is 15.5 Å². The van der Waals surface area contributed by atoms with Crippen LogP contribution in [-0.4, -0.2) is 61.0 Å². The van der Waals surface area contributed by atoms with E-state index in [0.29, 0.717) is 30.3 Å². The van der Waals surface area contributed by atoms with Crippen molar-refractivity contribution < 1.29 is 9.59 Å². The van der Waals surface area contributed by atoms with Crippen molar-refractivity contribution >= 4 is 39.2 Å². The fraction of sp³-hybridized carbons (Fsp3) is 0.409. The average molecular weight is 474 g/mol. The van der Waals surface area contributed by atoms with Crippen molar-refractivity contribution in [1.29, 1.82) is 0 Å². The third kappa shape index (κ3) is 6.27. The van der Waals surface area contributed by atoms with Gasteiger partial charge in [-0.3, -0.25) is 14.5 Å². The summed E-state index contributed by atoms with van der Waals surface area (Å²) in [4.78, 5) is 33.8. The zero-order chi connectivity index (χ0) is 21.5. The SMILES string of the molecule is CC(C)CNC(=O)c1ccccc1NC(=O)CN1CCN(c2ccc(Br)cn2)CC1. The molecular formula is C22H28BrN5O2. The molecule has 1 aliphatic rings. The molecule has 0 saturated carbocycles. The van der Waals surface area contributed by atoms with E-state index in [9.17, 15) is 9.59 Å². The first kappa shape index (κ1) is 22.2. The summed E-state index contributed by atoms with van der Waals surface area (Å²) in [5.74, 6) is 1.02. The van der Waals surface area contributed by atoms with Gasteiger partial charge in [0, 0.05) is 43.4 Å². The number of aromatic nitrogens is 1. The molecule has 1 aromatic carbocycles. The number of anilines is 2. The molecule has 3 rings (SSSR count). The number of piperazine rings is 1. The molecule has 0 unspecified atom stereocenters. The Morgan fingerprint density at radius 3 is 2.50 bits per heavy atom. The first-order valence-corrected chi connectivity index (χ1v) is 11.0. The number of amides is 2. The lowest BCUT2D eigenvalue weighted by molar-refractivity contribution is -0.117. The fourth-order valence-electron chi connectivity index (χ4n) is 3.27. The Bertz CT molecular complexity index is 864. The van der Waals surface area contributed by atoms with E-state index in [2.05, 4.69) is 41.3 Å². The van der Waals surface area contributed by atoms with E-state index in [1.54, 1.807) is 24.4 Å².